The smallest absolute Gasteiger partial charge is 0.550 e. The number of halogens is 2. The first kappa shape index (κ1) is 61.3. The molecule has 0 fully saturated rings. The van der Waals surface area contributed by atoms with Gasteiger partial charge in [0.05, 0.1) is 48.3 Å². The van der Waals surface area contributed by atoms with Crippen molar-refractivity contribution in [2.75, 3.05) is 35.2 Å². The summed E-state index contributed by atoms with van der Waals surface area (Å²) in [5.74, 6) is -4.43. The number of carboxylic acid groups (broad SMARTS) is 2. The molecule has 372 valence electrons. The number of sulfonamides is 2. The summed E-state index contributed by atoms with van der Waals surface area (Å²) in [4.78, 5) is 39.3. The second-order valence-electron chi connectivity index (χ2n) is 15.9. The molecule has 25 heteroatoms. The minimum Gasteiger partial charge on any atom is -0.550 e. The van der Waals surface area contributed by atoms with Gasteiger partial charge in [-0.05, 0) is 36.1 Å². The Morgan fingerprint density at radius 1 is 0.638 bits per heavy atom. The number of aliphatic carboxylic acids is 2. The SMILES string of the molecule is CC(C)c1nc(N(C)S(C)(=O)=O)nc(Sc2ccccc2F)c1/C=C/[C@@H](O)C[C@@H](O)CC(=O)[O-].CC(C)c1nc(N(C)S(C)(=O)=O)nc(Sc2ccccc2F)c1/C=C/[C@@H](O)C[C@@H](O)CC(=O)[O-].[Ca+2]. The fourth-order valence-corrected chi connectivity index (χ4v) is 8.40. The van der Waals surface area contributed by atoms with Crippen LogP contribution in [-0.4, -0.2) is 158 Å². The van der Waals surface area contributed by atoms with Gasteiger partial charge in [-0.25, -0.2) is 54.2 Å². The Balaban J connectivity index is 0.000000467. The van der Waals surface area contributed by atoms with Crippen molar-refractivity contribution in [2.24, 2.45) is 0 Å². The maximum atomic E-state index is 14.4. The monoisotopic (exact) mass is 1060 g/mol. The van der Waals surface area contributed by atoms with E-state index in [9.17, 15) is 65.8 Å². The Labute approximate surface area is 439 Å². The van der Waals surface area contributed by atoms with Crippen LogP contribution in [0.3, 0.4) is 0 Å². The molecule has 4 N–H and O–H groups in total. The summed E-state index contributed by atoms with van der Waals surface area (Å²) in [6.07, 6.45) is 0.985. The van der Waals surface area contributed by atoms with E-state index in [-0.39, 0.29) is 94.2 Å². The molecule has 0 saturated carbocycles. The van der Waals surface area contributed by atoms with Crippen molar-refractivity contribution in [1.82, 2.24) is 19.9 Å². The Morgan fingerprint density at radius 2 is 0.957 bits per heavy atom. The Bertz CT molecular complexity index is 2500. The van der Waals surface area contributed by atoms with Gasteiger partial charge in [-0.15, -0.1) is 0 Å². The zero-order valence-electron chi connectivity index (χ0n) is 39.1. The second-order valence-corrected chi connectivity index (χ2v) is 22.0. The third kappa shape index (κ3) is 19.7. The Hall–Kier alpha value is -3.82. The van der Waals surface area contributed by atoms with Crippen molar-refractivity contribution in [1.29, 1.82) is 0 Å². The molecule has 0 aliphatic rings. The number of rotatable bonds is 22. The number of aromatic nitrogens is 4. The third-order valence-electron chi connectivity index (χ3n) is 9.40. The quantitative estimate of drug-likeness (QED) is 0.0650. The van der Waals surface area contributed by atoms with E-state index in [0.29, 0.717) is 22.5 Å². The predicted octanol–water partition coefficient (Wildman–Crippen LogP) is 2.72. The molecule has 0 saturated heterocycles. The minimum absolute atomic E-state index is 0. The van der Waals surface area contributed by atoms with Gasteiger partial charge in [0.2, 0.25) is 31.9 Å². The second kappa shape index (κ2) is 27.7. The molecule has 0 spiro atoms. The number of aliphatic hydroxyl groups excluding tert-OH is 4. The molecule has 0 aliphatic carbocycles. The van der Waals surface area contributed by atoms with Crippen molar-refractivity contribution in [2.45, 2.75) is 109 Å². The van der Waals surface area contributed by atoms with Crippen molar-refractivity contribution in [3.63, 3.8) is 0 Å². The molecule has 2 heterocycles. The van der Waals surface area contributed by atoms with Crippen LogP contribution in [0.5, 0.6) is 0 Å². The van der Waals surface area contributed by atoms with Crippen LogP contribution in [0.1, 0.15) is 87.7 Å². The summed E-state index contributed by atoms with van der Waals surface area (Å²) in [6.45, 7) is 7.34. The van der Waals surface area contributed by atoms with E-state index in [1.807, 2.05) is 27.7 Å². The average molecular weight is 1070 g/mol. The van der Waals surface area contributed by atoms with Gasteiger partial charge in [0, 0.05) is 72.6 Å². The summed E-state index contributed by atoms with van der Waals surface area (Å²) >= 11 is 1.95. The van der Waals surface area contributed by atoms with E-state index in [2.05, 4.69) is 19.9 Å². The van der Waals surface area contributed by atoms with Crippen molar-refractivity contribution < 1.29 is 65.8 Å². The van der Waals surface area contributed by atoms with Gasteiger partial charge in [0.15, 0.2) is 0 Å². The van der Waals surface area contributed by atoms with Gasteiger partial charge in [-0.3, -0.25) is 0 Å². The van der Waals surface area contributed by atoms with Crippen LogP contribution < -0.4 is 18.8 Å². The molecule has 2 aromatic heterocycles. The van der Waals surface area contributed by atoms with E-state index in [1.165, 1.54) is 62.7 Å². The molecule has 0 amide bonds. The topological polar surface area (TPSA) is 287 Å². The van der Waals surface area contributed by atoms with Crippen LogP contribution in [0.25, 0.3) is 12.2 Å². The molecule has 4 aromatic rings. The summed E-state index contributed by atoms with van der Waals surface area (Å²) in [5.41, 5.74) is 1.78. The summed E-state index contributed by atoms with van der Waals surface area (Å²) < 4.78 is 78.9. The van der Waals surface area contributed by atoms with Crippen LogP contribution in [0.15, 0.2) is 80.5 Å². The number of anilines is 2. The van der Waals surface area contributed by atoms with Gasteiger partial charge >= 0.3 is 37.7 Å². The van der Waals surface area contributed by atoms with Crippen LogP contribution in [-0.2, 0) is 29.6 Å². The number of hydrogen-bond donors (Lipinski definition) is 4. The summed E-state index contributed by atoms with van der Waals surface area (Å²) in [7, 11) is -4.72. The number of carbonyl (C=O) groups excluding carboxylic acids is 2. The first-order valence-corrected chi connectivity index (χ1v) is 26.0. The molecule has 4 atom stereocenters. The zero-order valence-corrected chi connectivity index (χ0v) is 44.5. The Morgan fingerprint density at radius 3 is 1.23 bits per heavy atom. The molecule has 18 nitrogen and oxygen atoms in total. The summed E-state index contributed by atoms with van der Waals surface area (Å²) in [5, 5.41) is 61.7. The molecule has 0 aliphatic heterocycles. The fourth-order valence-electron chi connectivity index (χ4n) is 5.78. The van der Waals surface area contributed by atoms with Gasteiger partial charge in [-0.2, -0.15) is 0 Å². The van der Waals surface area contributed by atoms with E-state index in [4.69, 9.17) is 0 Å². The standard InChI is InChI=1S/2C22H28FN3O6S2.Ca/c2*1-13(2)20-16(10-9-14(27)11-15(28)12-19(29)30)21(33-18-8-6-5-7-17(18)23)25-22(24-20)26(3)34(4,31)32;/h2*5-10,13-15,27-28H,11-12H2,1-4H3,(H,29,30);/q;;+2/p-2/b2*10-9+;/t2*14-,15-;/m11./s1. The molecule has 2 aromatic carbocycles. The van der Waals surface area contributed by atoms with Crippen LogP contribution in [0.2, 0.25) is 0 Å². The normalized spacial score (nSPS) is 13.7. The third-order valence-corrected chi connectivity index (χ3v) is 13.8. The Kier molecular flexibility index (Phi) is 24.6. The van der Waals surface area contributed by atoms with E-state index in [1.54, 1.807) is 24.3 Å². The van der Waals surface area contributed by atoms with Gasteiger partial charge < -0.3 is 40.2 Å². The number of nitrogens with zero attached hydrogens (tertiary/aromatic N) is 6. The van der Waals surface area contributed by atoms with Crippen LogP contribution in [0.4, 0.5) is 20.7 Å². The van der Waals surface area contributed by atoms with Gasteiger partial charge in [0.1, 0.15) is 21.7 Å². The molecular weight excluding hydrogens is 1010 g/mol. The minimum atomic E-state index is -3.67. The molecule has 69 heavy (non-hydrogen) atoms. The maximum Gasteiger partial charge on any atom is 2.00 e. The largest absolute Gasteiger partial charge is 2.00 e. The zero-order chi connectivity index (χ0) is 51.3. The van der Waals surface area contributed by atoms with E-state index >= 15 is 0 Å². The number of carboxylic acids is 2. The number of aliphatic hydroxyl groups is 4. The van der Waals surface area contributed by atoms with Crippen molar-refractivity contribution in [3.8, 4) is 0 Å². The number of hydrogen-bond acceptors (Lipinski definition) is 18. The maximum absolute atomic E-state index is 14.4. The number of carbonyl (C=O) groups is 2. The molecular formula is C44H54CaF2N6O12S4. The van der Waals surface area contributed by atoms with Crippen molar-refractivity contribution >= 4 is 117 Å². The van der Waals surface area contributed by atoms with Crippen LogP contribution in [0, 0.1) is 11.6 Å². The molecule has 0 unspecified atom stereocenters. The molecule has 0 bridgehead atoms. The first-order chi connectivity index (χ1) is 31.6. The fraction of sp³-hybridized carbons (Fsp3) is 0.409. The summed E-state index contributed by atoms with van der Waals surface area (Å²) in [6, 6.07) is 12.1. The van der Waals surface area contributed by atoms with E-state index in [0.717, 1.165) is 44.6 Å². The molecule has 4 rings (SSSR count). The first-order valence-electron chi connectivity index (χ1n) is 20.6. The van der Waals surface area contributed by atoms with Gasteiger partial charge in [-0.1, -0.05) is 99.8 Å². The van der Waals surface area contributed by atoms with Gasteiger partial charge in [0.25, 0.3) is 0 Å². The number of benzene rings is 2. The average Bonchev–Trinajstić information content (AvgIpc) is 3.22. The predicted molar refractivity (Wildman–Crippen MR) is 256 cm³/mol. The van der Waals surface area contributed by atoms with Crippen LogP contribution >= 0.6 is 23.5 Å². The molecule has 0 radical (unpaired) electrons. The van der Waals surface area contributed by atoms with E-state index < -0.39 is 80.9 Å². The van der Waals surface area contributed by atoms with Crippen molar-refractivity contribution in [3.05, 3.63) is 94.8 Å².